The van der Waals surface area contributed by atoms with Gasteiger partial charge in [0.25, 0.3) is 11.8 Å². The third-order valence-electron chi connectivity index (χ3n) is 5.51. The van der Waals surface area contributed by atoms with Gasteiger partial charge in [-0.3, -0.25) is 14.3 Å². The van der Waals surface area contributed by atoms with Gasteiger partial charge in [0.15, 0.2) is 0 Å². The van der Waals surface area contributed by atoms with Crippen LogP contribution in [-0.2, 0) is 13.1 Å². The molecule has 1 aromatic heterocycles. The van der Waals surface area contributed by atoms with Crippen molar-refractivity contribution in [2.45, 2.75) is 13.1 Å². The third kappa shape index (κ3) is 5.35. The van der Waals surface area contributed by atoms with Crippen LogP contribution in [0.15, 0.2) is 85.1 Å². The summed E-state index contributed by atoms with van der Waals surface area (Å²) < 4.78 is 1.79. The summed E-state index contributed by atoms with van der Waals surface area (Å²) in [5.74, 6) is -0.283. The Bertz CT molecular complexity index is 1280. The molecular weight excluding hydrogens is 448 g/mol. The molecule has 4 rings (SSSR count). The number of benzene rings is 3. The number of aromatic nitrogens is 2. The van der Waals surface area contributed by atoms with E-state index in [2.05, 4.69) is 5.32 Å². The Hall–Kier alpha value is -3.90. The monoisotopic (exact) mass is 472 g/mol. The van der Waals surface area contributed by atoms with E-state index in [1.165, 1.54) is 0 Å². The molecule has 0 saturated heterocycles. The molecule has 34 heavy (non-hydrogen) atoms. The van der Waals surface area contributed by atoms with Gasteiger partial charge >= 0.3 is 0 Å². The Kier molecular flexibility index (Phi) is 7.09. The highest BCUT2D eigenvalue weighted by Crippen LogP contribution is 2.26. The fraction of sp³-hybridized carbons (Fsp3) is 0.148. The summed E-state index contributed by atoms with van der Waals surface area (Å²) in [5, 5.41) is 7.97. The van der Waals surface area contributed by atoms with E-state index in [0.29, 0.717) is 34.9 Å². The van der Waals surface area contributed by atoms with Gasteiger partial charge in [0, 0.05) is 43.0 Å². The second kappa shape index (κ2) is 10.4. The summed E-state index contributed by atoms with van der Waals surface area (Å²) >= 11 is 6.07. The van der Waals surface area contributed by atoms with Crippen molar-refractivity contribution >= 4 is 23.4 Å². The van der Waals surface area contributed by atoms with Crippen LogP contribution in [0.2, 0.25) is 5.02 Å². The summed E-state index contributed by atoms with van der Waals surface area (Å²) in [6, 6.07) is 24.5. The lowest BCUT2D eigenvalue weighted by Crippen LogP contribution is -2.26. The Morgan fingerprint density at radius 2 is 1.62 bits per heavy atom. The lowest BCUT2D eigenvalue weighted by molar-refractivity contribution is 0.0785. The summed E-state index contributed by atoms with van der Waals surface area (Å²) in [4.78, 5) is 26.9. The van der Waals surface area contributed by atoms with E-state index in [9.17, 15) is 9.59 Å². The smallest absolute Gasteiger partial charge is 0.257 e. The van der Waals surface area contributed by atoms with Crippen molar-refractivity contribution < 1.29 is 9.59 Å². The van der Waals surface area contributed by atoms with Crippen molar-refractivity contribution in [3.8, 4) is 11.3 Å². The molecule has 0 aliphatic carbocycles. The molecule has 3 aromatic carbocycles. The van der Waals surface area contributed by atoms with Gasteiger partial charge < -0.3 is 10.2 Å². The molecule has 1 heterocycles. The Balaban J connectivity index is 1.60. The zero-order valence-corrected chi connectivity index (χ0v) is 19.8. The van der Waals surface area contributed by atoms with E-state index in [1.807, 2.05) is 54.6 Å². The maximum Gasteiger partial charge on any atom is 0.257 e. The second-order valence-corrected chi connectivity index (χ2v) is 8.46. The molecule has 0 aliphatic heterocycles. The van der Waals surface area contributed by atoms with E-state index in [1.54, 1.807) is 54.1 Å². The molecule has 172 valence electrons. The summed E-state index contributed by atoms with van der Waals surface area (Å²) in [6.45, 7) is 0.955. The van der Waals surface area contributed by atoms with Gasteiger partial charge in [-0.2, -0.15) is 5.10 Å². The van der Waals surface area contributed by atoms with Crippen LogP contribution in [0.25, 0.3) is 11.3 Å². The molecule has 0 spiro atoms. The molecule has 0 aliphatic rings. The molecule has 2 amide bonds. The average molecular weight is 473 g/mol. The number of halogens is 1. The van der Waals surface area contributed by atoms with E-state index >= 15 is 0 Å². The summed E-state index contributed by atoms with van der Waals surface area (Å²) in [6.07, 6.45) is 1.80. The van der Waals surface area contributed by atoms with Crippen molar-refractivity contribution in [2.75, 3.05) is 14.1 Å². The van der Waals surface area contributed by atoms with Crippen molar-refractivity contribution in [3.05, 3.63) is 112 Å². The van der Waals surface area contributed by atoms with Crippen molar-refractivity contribution in [2.24, 2.45) is 0 Å². The van der Waals surface area contributed by atoms with Gasteiger partial charge in [0.05, 0.1) is 12.1 Å². The predicted octanol–water partition coefficient (Wildman–Crippen LogP) is 4.88. The zero-order valence-electron chi connectivity index (χ0n) is 19.0. The van der Waals surface area contributed by atoms with Crippen LogP contribution >= 0.6 is 11.6 Å². The van der Waals surface area contributed by atoms with Crippen molar-refractivity contribution in [1.82, 2.24) is 20.0 Å². The molecule has 0 fully saturated rings. The number of carbonyl (C=O) groups is 2. The molecule has 6 nitrogen and oxygen atoms in total. The number of amides is 2. The minimum absolute atomic E-state index is 0.139. The fourth-order valence-corrected chi connectivity index (χ4v) is 3.83. The minimum Gasteiger partial charge on any atom is -0.355 e. The lowest BCUT2D eigenvalue weighted by Gasteiger charge is -2.17. The SMILES string of the molecule is CNC(=O)c1ccc(CN(C)C(=O)c2cn(Cc3ccccc3)nc2-c2ccc(Cl)cc2)cc1. The quantitative estimate of drug-likeness (QED) is 0.416. The predicted molar refractivity (Wildman–Crippen MR) is 134 cm³/mol. The minimum atomic E-state index is -0.144. The van der Waals surface area contributed by atoms with Crippen LogP contribution in [0.4, 0.5) is 0 Å². The number of rotatable bonds is 7. The van der Waals surface area contributed by atoms with E-state index in [-0.39, 0.29) is 11.8 Å². The molecule has 1 N–H and O–H groups in total. The topological polar surface area (TPSA) is 67.2 Å². The van der Waals surface area contributed by atoms with Gasteiger partial charge in [-0.25, -0.2) is 0 Å². The standard InChI is InChI=1S/C27H25ClN4O2/c1-29-26(33)22-10-8-20(9-11-22)16-31(2)27(34)24-18-32(17-19-6-4-3-5-7-19)30-25(24)21-12-14-23(28)15-13-21/h3-15,18H,16-17H2,1-2H3,(H,29,33). The molecule has 7 heteroatoms. The highest BCUT2D eigenvalue weighted by Gasteiger charge is 2.21. The van der Waals surface area contributed by atoms with Crippen LogP contribution < -0.4 is 5.32 Å². The van der Waals surface area contributed by atoms with Gasteiger partial charge in [-0.1, -0.05) is 66.2 Å². The van der Waals surface area contributed by atoms with Gasteiger partial charge in [-0.05, 0) is 35.4 Å². The van der Waals surface area contributed by atoms with Crippen molar-refractivity contribution in [3.63, 3.8) is 0 Å². The third-order valence-corrected chi connectivity index (χ3v) is 5.76. The maximum absolute atomic E-state index is 13.5. The summed E-state index contributed by atoms with van der Waals surface area (Å²) in [5.41, 5.74) is 4.54. The average Bonchev–Trinajstić information content (AvgIpc) is 3.28. The lowest BCUT2D eigenvalue weighted by atomic mass is 10.1. The number of carbonyl (C=O) groups excluding carboxylic acids is 2. The first-order valence-electron chi connectivity index (χ1n) is 10.9. The molecule has 0 saturated carbocycles. The summed E-state index contributed by atoms with van der Waals surface area (Å²) in [7, 11) is 3.36. The van der Waals surface area contributed by atoms with Gasteiger partial charge in [0.1, 0.15) is 5.69 Å². The van der Waals surface area contributed by atoms with Crippen LogP contribution in [-0.4, -0.2) is 40.6 Å². The van der Waals surface area contributed by atoms with E-state index in [0.717, 1.165) is 16.7 Å². The first-order chi connectivity index (χ1) is 16.4. The van der Waals surface area contributed by atoms with Crippen LogP contribution in [0, 0.1) is 0 Å². The fourth-order valence-electron chi connectivity index (χ4n) is 3.71. The van der Waals surface area contributed by atoms with Crippen molar-refractivity contribution in [1.29, 1.82) is 0 Å². The number of nitrogens with zero attached hydrogens (tertiary/aromatic N) is 3. The first-order valence-corrected chi connectivity index (χ1v) is 11.3. The Labute approximate surface area is 203 Å². The largest absolute Gasteiger partial charge is 0.355 e. The van der Waals surface area contributed by atoms with Gasteiger partial charge in [0.2, 0.25) is 0 Å². The highest BCUT2D eigenvalue weighted by molar-refractivity contribution is 6.30. The molecule has 0 unspecified atom stereocenters. The van der Waals surface area contributed by atoms with Crippen LogP contribution in [0.3, 0.4) is 0 Å². The number of nitrogens with one attached hydrogen (secondary N) is 1. The van der Waals surface area contributed by atoms with Gasteiger partial charge in [-0.15, -0.1) is 0 Å². The van der Waals surface area contributed by atoms with Crippen LogP contribution in [0.5, 0.6) is 0 Å². The second-order valence-electron chi connectivity index (χ2n) is 8.02. The van der Waals surface area contributed by atoms with E-state index < -0.39 is 0 Å². The molecule has 0 radical (unpaired) electrons. The Morgan fingerprint density at radius 3 is 2.26 bits per heavy atom. The first kappa shape index (κ1) is 23.3. The highest BCUT2D eigenvalue weighted by atomic mass is 35.5. The zero-order chi connectivity index (χ0) is 24.1. The Morgan fingerprint density at radius 1 is 0.941 bits per heavy atom. The van der Waals surface area contributed by atoms with E-state index in [4.69, 9.17) is 16.7 Å². The number of hydrogen-bond acceptors (Lipinski definition) is 3. The molecule has 4 aromatic rings. The molecule has 0 atom stereocenters. The maximum atomic E-state index is 13.5. The normalized spacial score (nSPS) is 10.7. The number of hydrogen-bond donors (Lipinski definition) is 1. The van der Waals surface area contributed by atoms with Crippen LogP contribution in [0.1, 0.15) is 31.8 Å². The molecule has 0 bridgehead atoms. The molecular formula is C27H25ClN4O2.